The molecule has 0 saturated carbocycles. The molecule has 0 rings (SSSR count). The summed E-state index contributed by atoms with van der Waals surface area (Å²) in [5, 5.41) is 1.73. The van der Waals surface area contributed by atoms with Gasteiger partial charge in [-0.05, 0) is 18.8 Å². The number of halogens is 7. The first-order valence-corrected chi connectivity index (χ1v) is 6.54. The Balaban J connectivity index is 4.70. The van der Waals surface area contributed by atoms with Gasteiger partial charge in [0.1, 0.15) is 0 Å². The molecular formula is C11H16ClF6NO. The molecule has 0 bridgehead atoms. The van der Waals surface area contributed by atoms with Crippen molar-refractivity contribution < 1.29 is 31.1 Å². The Morgan fingerprint density at radius 2 is 1.60 bits per heavy atom. The molecule has 9 heteroatoms. The van der Waals surface area contributed by atoms with Crippen LogP contribution in [0.1, 0.15) is 26.2 Å². The van der Waals surface area contributed by atoms with E-state index in [-0.39, 0.29) is 18.3 Å². The average Bonchev–Trinajstić information content (AvgIpc) is 2.22. The number of hydrogen-bond acceptors (Lipinski definition) is 1. The summed E-state index contributed by atoms with van der Waals surface area (Å²) in [4.78, 5) is 11.2. The molecule has 0 radical (unpaired) electrons. The maximum atomic E-state index is 12.3. The summed E-state index contributed by atoms with van der Waals surface area (Å²) in [6.07, 6.45) is -9.64. The Hall–Kier alpha value is -0.660. The Morgan fingerprint density at radius 3 is 1.95 bits per heavy atom. The summed E-state index contributed by atoms with van der Waals surface area (Å²) in [5.41, 5.74) is 0. The molecule has 0 aromatic rings. The summed E-state index contributed by atoms with van der Waals surface area (Å²) < 4.78 is 73.7. The Kier molecular flexibility index (Phi) is 7.69. The first-order valence-electron chi connectivity index (χ1n) is 6.01. The van der Waals surface area contributed by atoms with Gasteiger partial charge in [-0.1, -0.05) is 13.3 Å². The highest BCUT2D eigenvalue weighted by atomic mass is 35.5. The van der Waals surface area contributed by atoms with Crippen LogP contribution in [0.25, 0.3) is 0 Å². The minimum absolute atomic E-state index is 0.225. The lowest BCUT2D eigenvalue weighted by Crippen LogP contribution is -2.48. The molecule has 2 nitrogen and oxygen atoms in total. The minimum atomic E-state index is -5.66. The quantitative estimate of drug-likeness (QED) is 0.558. The van der Waals surface area contributed by atoms with Gasteiger partial charge in [0.15, 0.2) is 0 Å². The lowest BCUT2D eigenvalue weighted by molar-refractivity contribution is -0.274. The Labute approximate surface area is 117 Å². The zero-order chi connectivity index (χ0) is 16.0. The Morgan fingerprint density at radius 1 is 1.10 bits per heavy atom. The molecule has 0 spiro atoms. The molecule has 0 aromatic carbocycles. The van der Waals surface area contributed by atoms with Crippen molar-refractivity contribution in [1.82, 2.24) is 5.32 Å². The normalized spacial score (nSPS) is 14.4. The zero-order valence-electron chi connectivity index (χ0n) is 10.7. The van der Waals surface area contributed by atoms with Crippen molar-refractivity contribution in [3.05, 3.63) is 0 Å². The highest BCUT2D eigenvalue weighted by Crippen LogP contribution is 2.39. The summed E-state index contributed by atoms with van der Waals surface area (Å²) in [5.74, 6) is -6.07. The minimum Gasteiger partial charge on any atom is -0.355 e. The van der Waals surface area contributed by atoms with Crippen LogP contribution in [0, 0.1) is 11.8 Å². The maximum absolute atomic E-state index is 12.3. The van der Waals surface area contributed by atoms with E-state index in [2.05, 4.69) is 0 Å². The highest BCUT2D eigenvalue weighted by molar-refractivity contribution is 6.17. The number of carbonyl (C=O) groups excluding carboxylic acids is 1. The topological polar surface area (TPSA) is 29.1 Å². The van der Waals surface area contributed by atoms with E-state index in [9.17, 15) is 31.1 Å². The lowest BCUT2D eigenvalue weighted by Gasteiger charge is -2.23. The second-order valence-electron chi connectivity index (χ2n) is 4.39. The van der Waals surface area contributed by atoms with Crippen molar-refractivity contribution in [2.45, 2.75) is 38.5 Å². The van der Waals surface area contributed by atoms with Crippen molar-refractivity contribution in [2.75, 3.05) is 12.4 Å². The van der Waals surface area contributed by atoms with E-state index >= 15 is 0 Å². The summed E-state index contributed by atoms with van der Waals surface area (Å²) in [6, 6.07) is 0. The summed E-state index contributed by atoms with van der Waals surface area (Å²) in [6.45, 7) is 1.57. The molecule has 0 heterocycles. The number of amides is 1. The predicted molar refractivity (Wildman–Crippen MR) is 62.3 cm³/mol. The Bertz CT molecular complexity index is 284. The first kappa shape index (κ1) is 19.3. The van der Waals surface area contributed by atoms with E-state index < -0.39 is 24.2 Å². The van der Waals surface area contributed by atoms with Crippen LogP contribution in [0.4, 0.5) is 26.3 Å². The van der Waals surface area contributed by atoms with Crippen LogP contribution < -0.4 is 5.32 Å². The van der Waals surface area contributed by atoms with Crippen LogP contribution in [-0.2, 0) is 4.79 Å². The van der Waals surface area contributed by atoms with Gasteiger partial charge in [0, 0.05) is 12.4 Å². The standard InChI is InChI=1S/C11H16ClF6NO/c1-2-3-7(4-5-12)6-19-9(20)8(10(13,14)15)11(16,17)18/h7-8H,2-6H2,1H3,(H,19,20). The summed E-state index contributed by atoms with van der Waals surface area (Å²) in [7, 11) is 0. The van der Waals surface area contributed by atoms with Gasteiger partial charge in [-0.3, -0.25) is 4.79 Å². The molecule has 0 saturated heterocycles. The first-order chi connectivity index (χ1) is 9.04. The van der Waals surface area contributed by atoms with Gasteiger partial charge in [0.2, 0.25) is 11.8 Å². The van der Waals surface area contributed by atoms with Gasteiger partial charge in [-0.25, -0.2) is 0 Å². The fraction of sp³-hybridized carbons (Fsp3) is 0.909. The van der Waals surface area contributed by atoms with E-state index in [1.807, 2.05) is 6.92 Å². The predicted octanol–water partition coefficient (Wildman–Crippen LogP) is 3.89. The van der Waals surface area contributed by atoms with Gasteiger partial charge in [-0.2, -0.15) is 26.3 Å². The smallest absolute Gasteiger partial charge is 0.355 e. The molecule has 120 valence electrons. The second kappa shape index (κ2) is 7.95. The number of alkyl halides is 7. The van der Waals surface area contributed by atoms with E-state index in [0.717, 1.165) is 0 Å². The van der Waals surface area contributed by atoms with Gasteiger partial charge in [-0.15, -0.1) is 11.6 Å². The lowest BCUT2D eigenvalue weighted by atomic mass is 10.00. The third kappa shape index (κ3) is 6.67. The number of rotatable bonds is 7. The van der Waals surface area contributed by atoms with Crippen molar-refractivity contribution in [3.8, 4) is 0 Å². The number of carbonyl (C=O) groups is 1. The van der Waals surface area contributed by atoms with E-state index in [4.69, 9.17) is 11.6 Å². The molecule has 0 aliphatic heterocycles. The molecular weight excluding hydrogens is 312 g/mol. The fourth-order valence-electron chi connectivity index (χ4n) is 1.74. The number of hydrogen-bond donors (Lipinski definition) is 1. The third-order valence-corrected chi connectivity index (χ3v) is 2.91. The molecule has 20 heavy (non-hydrogen) atoms. The largest absolute Gasteiger partial charge is 0.409 e. The van der Waals surface area contributed by atoms with Crippen LogP contribution in [0.3, 0.4) is 0 Å². The number of nitrogens with one attached hydrogen (secondary N) is 1. The van der Waals surface area contributed by atoms with Crippen molar-refractivity contribution in [1.29, 1.82) is 0 Å². The molecule has 0 aromatic heterocycles. The van der Waals surface area contributed by atoms with Crippen LogP contribution in [-0.4, -0.2) is 30.7 Å². The zero-order valence-corrected chi connectivity index (χ0v) is 11.5. The van der Waals surface area contributed by atoms with E-state index in [1.165, 1.54) is 0 Å². The van der Waals surface area contributed by atoms with E-state index in [1.54, 1.807) is 5.32 Å². The molecule has 0 fully saturated rings. The maximum Gasteiger partial charge on any atom is 0.409 e. The van der Waals surface area contributed by atoms with Gasteiger partial charge >= 0.3 is 12.4 Å². The second-order valence-corrected chi connectivity index (χ2v) is 4.77. The van der Waals surface area contributed by atoms with E-state index in [0.29, 0.717) is 19.3 Å². The van der Waals surface area contributed by atoms with Gasteiger partial charge < -0.3 is 5.32 Å². The molecule has 1 unspecified atom stereocenters. The summed E-state index contributed by atoms with van der Waals surface area (Å²) >= 11 is 5.48. The molecule has 1 atom stereocenters. The van der Waals surface area contributed by atoms with Gasteiger partial charge in [0.05, 0.1) is 0 Å². The van der Waals surface area contributed by atoms with Crippen LogP contribution >= 0.6 is 11.6 Å². The van der Waals surface area contributed by atoms with Gasteiger partial charge in [0.25, 0.3) is 0 Å². The molecule has 1 amide bonds. The average molecular weight is 328 g/mol. The van der Waals surface area contributed by atoms with Crippen molar-refractivity contribution in [2.24, 2.45) is 11.8 Å². The molecule has 1 N–H and O–H groups in total. The SMILES string of the molecule is CCCC(CCCl)CNC(=O)C(C(F)(F)F)C(F)(F)F. The molecule has 0 aliphatic rings. The fourth-order valence-corrected chi connectivity index (χ4v) is 2.05. The highest BCUT2D eigenvalue weighted by Gasteiger charge is 2.61. The van der Waals surface area contributed by atoms with Crippen molar-refractivity contribution in [3.63, 3.8) is 0 Å². The monoisotopic (exact) mass is 327 g/mol. The molecule has 0 aliphatic carbocycles. The van der Waals surface area contributed by atoms with Crippen LogP contribution in [0.15, 0.2) is 0 Å². The van der Waals surface area contributed by atoms with Crippen LogP contribution in [0.2, 0.25) is 0 Å². The third-order valence-electron chi connectivity index (χ3n) is 2.70. The van der Waals surface area contributed by atoms with Crippen molar-refractivity contribution >= 4 is 17.5 Å². The van der Waals surface area contributed by atoms with Crippen LogP contribution in [0.5, 0.6) is 0 Å².